The number of carboxylic acids is 1. The van der Waals surface area contributed by atoms with E-state index in [4.69, 9.17) is 4.42 Å². The van der Waals surface area contributed by atoms with Crippen molar-refractivity contribution in [2.45, 2.75) is 52.6 Å². The zero-order valence-corrected chi connectivity index (χ0v) is 21.9. The number of carbonyl (C=O) groups is 2. The number of carbonyl (C=O) groups excluding carboxylic acids is 1. The average molecular weight is 554 g/mol. The first-order valence-electron chi connectivity index (χ1n) is 11.9. The fourth-order valence-electron chi connectivity index (χ4n) is 4.24. The highest BCUT2D eigenvalue weighted by Gasteiger charge is 2.32. The van der Waals surface area contributed by atoms with E-state index in [-0.39, 0.29) is 18.4 Å². The van der Waals surface area contributed by atoms with Gasteiger partial charge in [0.2, 0.25) is 11.7 Å². The SMILES string of the molecule is CCCCC(=O)N(Cc1ccc2oc(-c3ccc(-c4nn[nH]n4)cc3)c(Br)c2c1)C(C(=O)O)C(C)C. The Morgan fingerprint density at radius 3 is 2.47 bits per heavy atom. The number of carboxylic acid groups (broad SMARTS) is 1. The molecule has 188 valence electrons. The minimum Gasteiger partial charge on any atom is -0.480 e. The molecule has 9 nitrogen and oxygen atoms in total. The fourth-order valence-corrected chi connectivity index (χ4v) is 4.86. The van der Waals surface area contributed by atoms with Gasteiger partial charge < -0.3 is 14.4 Å². The summed E-state index contributed by atoms with van der Waals surface area (Å²) in [6.45, 7) is 5.87. The summed E-state index contributed by atoms with van der Waals surface area (Å²) >= 11 is 3.68. The zero-order valence-electron chi connectivity index (χ0n) is 20.4. The molecule has 1 amide bonds. The third-order valence-corrected chi connectivity index (χ3v) is 6.87. The van der Waals surface area contributed by atoms with E-state index in [0.29, 0.717) is 23.6 Å². The highest BCUT2D eigenvalue weighted by Crippen LogP contribution is 2.38. The number of hydrogen-bond donors (Lipinski definition) is 2. The number of nitrogens with one attached hydrogen (secondary N) is 1. The van der Waals surface area contributed by atoms with Gasteiger partial charge in [-0.05, 0) is 51.2 Å². The smallest absolute Gasteiger partial charge is 0.326 e. The predicted molar refractivity (Wildman–Crippen MR) is 139 cm³/mol. The van der Waals surface area contributed by atoms with Crippen molar-refractivity contribution in [3.8, 4) is 22.7 Å². The van der Waals surface area contributed by atoms with E-state index in [2.05, 4.69) is 36.6 Å². The number of H-pyrrole nitrogens is 1. The van der Waals surface area contributed by atoms with E-state index in [1.54, 1.807) is 0 Å². The predicted octanol–water partition coefficient (Wildman–Crippen LogP) is 5.67. The summed E-state index contributed by atoms with van der Waals surface area (Å²) in [6, 6.07) is 12.4. The molecule has 0 bridgehead atoms. The molecule has 0 fully saturated rings. The van der Waals surface area contributed by atoms with Crippen LogP contribution in [0.25, 0.3) is 33.7 Å². The van der Waals surface area contributed by atoms with Gasteiger partial charge in [0.25, 0.3) is 0 Å². The fraction of sp³-hybridized carbons (Fsp3) is 0.346. The maximum atomic E-state index is 13.0. The van der Waals surface area contributed by atoms with E-state index >= 15 is 0 Å². The second-order valence-electron chi connectivity index (χ2n) is 9.04. The number of aromatic amines is 1. The molecule has 0 spiro atoms. The number of unbranched alkanes of at least 4 members (excludes halogenated alkanes) is 1. The van der Waals surface area contributed by atoms with Crippen LogP contribution in [0, 0.1) is 5.92 Å². The number of fused-ring (bicyclic) bond motifs is 1. The van der Waals surface area contributed by atoms with Gasteiger partial charge in [0.05, 0.1) is 4.47 Å². The summed E-state index contributed by atoms with van der Waals surface area (Å²) in [5.41, 5.74) is 3.21. The largest absolute Gasteiger partial charge is 0.480 e. The van der Waals surface area contributed by atoms with E-state index in [1.807, 2.05) is 63.2 Å². The summed E-state index contributed by atoms with van der Waals surface area (Å²) < 4.78 is 6.91. The van der Waals surface area contributed by atoms with Crippen LogP contribution in [0.15, 0.2) is 51.4 Å². The van der Waals surface area contributed by atoms with Gasteiger partial charge in [-0.2, -0.15) is 5.21 Å². The van der Waals surface area contributed by atoms with Crippen LogP contribution in [0.3, 0.4) is 0 Å². The number of aromatic nitrogens is 4. The number of furan rings is 1. The lowest BCUT2D eigenvalue weighted by Gasteiger charge is -2.31. The van der Waals surface area contributed by atoms with Crippen LogP contribution in [0.2, 0.25) is 0 Å². The normalized spacial score (nSPS) is 12.2. The molecule has 0 radical (unpaired) electrons. The summed E-state index contributed by atoms with van der Waals surface area (Å²) in [4.78, 5) is 26.6. The lowest BCUT2D eigenvalue weighted by atomic mass is 10.0. The quantitative estimate of drug-likeness (QED) is 0.259. The number of benzene rings is 2. The Morgan fingerprint density at radius 2 is 1.86 bits per heavy atom. The molecule has 0 aliphatic carbocycles. The molecule has 0 aliphatic rings. The van der Waals surface area contributed by atoms with E-state index in [0.717, 1.165) is 39.4 Å². The molecule has 4 rings (SSSR count). The number of amides is 1. The van der Waals surface area contributed by atoms with Crippen molar-refractivity contribution in [2.24, 2.45) is 5.92 Å². The Balaban J connectivity index is 1.64. The summed E-state index contributed by atoms with van der Waals surface area (Å²) in [6.07, 6.45) is 1.92. The average Bonchev–Trinajstić information content (AvgIpc) is 3.50. The molecular formula is C26H28BrN5O4. The van der Waals surface area contributed by atoms with Crippen LogP contribution < -0.4 is 0 Å². The van der Waals surface area contributed by atoms with Gasteiger partial charge in [-0.3, -0.25) is 4.79 Å². The third-order valence-electron chi connectivity index (χ3n) is 6.08. The molecule has 1 atom stereocenters. The maximum Gasteiger partial charge on any atom is 0.326 e. The highest BCUT2D eigenvalue weighted by atomic mass is 79.9. The van der Waals surface area contributed by atoms with Crippen molar-refractivity contribution in [2.75, 3.05) is 0 Å². The van der Waals surface area contributed by atoms with Crippen molar-refractivity contribution in [3.05, 3.63) is 52.5 Å². The molecule has 2 aromatic heterocycles. The molecule has 4 aromatic rings. The Kier molecular flexibility index (Phi) is 7.83. The summed E-state index contributed by atoms with van der Waals surface area (Å²) in [7, 11) is 0. The van der Waals surface area contributed by atoms with Gasteiger partial charge in [0.15, 0.2) is 0 Å². The standard InChI is InChI=1S/C26H28BrN5O4/c1-4-5-6-21(33)32(23(15(2)3)26(34)35)14-16-7-12-20-19(13-16)22(27)24(36-20)17-8-10-18(11-9-17)25-28-30-31-29-25/h7-13,15,23H,4-6,14H2,1-3H3,(H,34,35)(H,28,29,30,31). The van der Waals surface area contributed by atoms with Gasteiger partial charge in [-0.15, -0.1) is 10.2 Å². The number of halogens is 1. The van der Waals surface area contributed by atoms with E-state index in [1.165, 1.54) is 4.90 Å². The lowest BCUT2D eigenvalue weighted by Crippen LogP contribution is -2.47. The molecule has 10 heteroatoms. The number of aliphatic carboxylic acids is 1. The van der Waals surface area contributed by atoms with Crippen molar-refractivity contribution in [1.29, 1.82) is 0 Å². The Morgan fingerprint density at radius 1 is 1.14 bits per heavy atom. The summed E-state index contributed by atoms with van der Waals surface area (Å²) in [5.74, 6) is -0.185. The summed E-state index contributed by atoms with van der Waals surface area (Å²) in [5, 5.41) is 24.7. The highest BCUT2D eigenvalue weighted by molar-refractivity contribution is 9.10. The van der Waals surface area contributed by atoms with Crippen molar-refractivity contribution in [1.82, 2.24) is 25.5 Å². The molecule has 0 saturated heterocycles. The monoisotopic (exact) mass is 553 g/mol. The second-order valence-corrected chi connectivity index (χ2v) is 9.83. The Bertz CT molecular complexity index is 1350. The number of rotatable bonds is 10. The molecule has 36 heavy (non-hydrogen) atoms. The van der Waals surface area contributed by atoms with Crippen LogP contribution in [0.5, 0.6) is 0 Å². The van der Waals surface area contributed by atoms with Gasteiger partial charge in [-0.25, -0.2) is 4.79 Å². The molecule has 2 aromatic carbocycles. The second kappa shape index (κ2) is 11.0. The Labute approximate surface area is 217 Å². The van der Waals surface area contributed by atoms with Crippen LogP contribution >= 0.6 is 15.9 Å². The van der Waals surface area contributed by atoms with Gasteiger partial charge in [0, 0.05) is 29.5 Å². The molecule has 2 heterocycles. The number of hydrogen-bond acceptors (Lipinski definition) is 6. The minimum absolute atomic E-state index is 0.147. The molecule has 0 saturated carbocycles. The molecule has 1 unspecified atom stereocenters. The van der Waals surface area contributed by atoms with E-state index in [9.17, 15) is 14.7 Å². The zero-order chi connectivity index (χ0) is 25.8. The molecular weight excluding hydrogens is 526 g/mol. The van der Waals surface area contributed by atoms with Crippen LogP contribution in [-0.2, 0) is 16.1 Å². The van der Waals surface area contributed by atoms with Gasteiger partial charge in [0.1, 0.15) is 17.4 Å². The Hall–Kier alpha value is -3.53. The topological polar surface area (TPSA) is 125 Å². The first kappa shape index (κ1) is 25.6. The third kappa shape index (κ3) is 5.33. The first-order valence-corrected chi connectivity index (χ1v) is 12.7. The van der Waals surface area contributed by atoms with Crippen molar-refractivity contribution < 1.29 is 19.1 Å². The molecule has 2 N–H and O–H groups in total. The van der Waals surface area contributed by atoms with Gasteiger partial charge in [-0.1, -0.05) is 57.5 Å². The van der Waals surface area contributed by atoms with Crippen LogP contribution in [0.1, 0.15) is 45.6 Å². The van der Waals surface area contributed by atoms with Crippen molar-refractivity contribution >= 4 is 38.8 Å². The lowest BCUT2D eigenvalue weighted by molar-refractivity contribution is -0.153. The number of nitrogens with zero attached hydrogens (tertiary/aromatic N) is 4. The van der Waals surface area contributed by atoms with E-state index < -0.39 is 12.0 Å². The first-order chi connectivity index (χ1) is 17.3. The molecule has 0 aliphatic heterocycles. The maximum absolute atomic E-state index is 13.0. The van der Waals surface area contributed by atoms with Crippen LogP contribution in [0.4, 0.5) is 0 Å². The van der Waals surface area contributed by atoms with Crippen LogP contribution in [-0.4, -0.2) is 48.5 Å². The number of tetrazole rings is 1. The van der Waals surface area contributed by atoms with Gasteiger partial charge >= 0.3 is 5.97 Å². The van der Waals surface area contributed by atoms with Crippen molar-refractivity contribution in [3.63, 3.8) is 0 Å². The minimum atomic E-state index is -0.994.